The third-order valence-electron chi connectivity index (χ3n) is 3.67. The predicted octanol–water partition coefficient (Wildman–Crippen LogP) is 5.74. The van der Waals surface area contributed by atoms with Gasteiger partial charge in [0.2, 0.25) is 0 Å². The molecule has 2 nitrogen and oxygen atoms in total. The summed E-state index contributed by atoms with van der Waals surface area (Å²) in [7, 11) is 0. The molecule has 134 valence electrons. The molecule has 0 saturated carbocycles. The van der Waals surface area contributed by atoms with Gasteiger partial charge in [-0.2, -0.15) is 5.56 Å². The van der Waals surface area contributed by atoms with E-state index in [1.165, 1.54) is 0 Å². The Morgan fingerprint density at radius 3 is 1.56 bits per heavy atom. The fourth-order valence-electron chi connectivity index (χ4n) is 2.38. The Morgan fingerprint density at radius 2 is 1.15 bits per heavy atom. The first-order chi connectivity index (χ1) is 12.9. The van der Waals surface area contributed by atoms with E-state index in [1.807, 2.05) is 84.9 Å². The van der Waals surface area contributed by atoms with Gasteiger partial charge in [0.15, 0.2) is 0 Å². The van der Waals surface area contributed by atoms with Crippen LogP contribution in [0.2, 0.25) is 0 Å². The summed E-state index contributed by atoms with van der Waals surface area (Å²) in [5.41, 5.74) is 4.88. The zero-order valence-corrected chi connectivity index (χ0v) is 15.6. The molecule has 2 aromatic heterocycles. The van der Waals surface area contributed by atoms with Gasteiger partial charge in [0.05, 0.1) is 0 Å². The van der Waals surface area contributed by atoms with Crippen molar-refractivity contribution >= 4 is 6.08 Å². The number of hydrogen-bond acceptors (Lipinski definition) is 2. The maximum atomic E-state index is 5.22. The molecular weight excluding hydrogens is 375 g/mol. The van der Waals surface area contributed by atoms with E-state index in [1.54, 1.807) is 18.5 Å². The molecule has 4 rings (SSSR count). The normalized spacial score (nSPS) is 9.33. The average molecular weight is 393 g/mol. The van der Waals surface area contributed by atoms with Crippen LogP contribution in [0.1, 0.15) is 5.56 Å². The van der Waals surface area contributed by atoms with Gasteiger partial charge >= 0.3 is 16.5 Å². The SMILES string of the molecule is [CH-]=Cc1ccccc1.[Ni+2].[c-]1c(-c2ccccn2)cccc1-c1ccccn1. The molecule has 2 aromatic carbocycles. The summed E-state index contributed by atoms with van der Waals surface area (Å²) in [4.78, 5) is 8.66. The number of benzene rings is 2. The molecule has 0 spiro atoms. The zero-order valence-electron chi connectivity index (χ0n) is 14.6. The van der Waals surface area contributed by atoms with Gasteiger partial charge in [0, 0.05) is 23.8 Å². The molecule has 0 aliphatic rings. The molecule has 4 aromatic rings. The summed E-state index contributed by atoms with van der Waals surface area (Å²) < 4.78 is 0. The number of nitrogens with zero attached hydrogens (tertiary/aromatic N) is 2. The van der Waals surface area contributed by atoms with Crippen LogP contribution in [0.3, 0.4) is 0 Å². The van der Waals surface area contributed by atoms with Crippen molar-refractivity contribution in [3.05, 3.63) is 116 Å². The molecule has 0 fully saturated rings. The summed E-state index contributed by atoms with van der Waals surface area (Å²) in [6, 6.07) is 30.9. The molecule has 0 radical (unpaired) electrons. The summed E-state index contributed by atoms with van der Waals surface area (Å²) in [5.74, 6) is 0. The van der Waals surface area contributed by atoms with Gasteiger partial charge in [-0.1, -0.05) is 53.6 Å². The second-order valence-electron chi connectivity index (χ2n) is 5.49. The van der Waals surface area contributed by atoms with E-state index in [2.05, 4.69) is 16.0 Å². The Hall–Kier alpha value is -3.03. The van der Waals surface area contributed by atoms with Crippen LogP contribution in [0.25, 0.3) is 28.6 Å². The van der Waals surface area contributed by atoms with Gasteiger partial charge in [-0.25, -0.2) is 6.08 Å². The van der Waals surface area contributed by atoms with Gasteiger partial charge < -0.3 is 0 Å². The number of rotatable bonds is 3. The van der Waals surface area contributed by atoms with E-state index in [4.69, 9.17) is 6.58 Å². The van der Waals surface area contributed by atoms with Crippen LogP contribution in [0, 0.1) is 12.6 Å². The average Bonchev–Trinajstić information content (AvgIpc) is 2.76. The van der Waals surface area contributed by atoms with Gasteiger partial charge in [0.1, 0.15) is 0 Å². The summed E-state index contributed by atoms with van der Waals surface area (Å²) in [5, 5.41) is 0. The van der Waals surface area contributed by atoms with Crippen LogP contribution in [0.15, 0.2) is 97.3 Å². The molecule has 0 bridgehead atoms. The Labute approximate surface area is 170 Å². The van der Waals surface area contributed by atoms with Crippen molar-refractivity contribution in [3.63, 3.8) is 0 Å². The minimum absolute atomic E-state index is 0. The second kappa shape index (κ2) is 10.9. The second-order valence-corrected chi connectivity index (χ2v) is 5.49. The first-order valence-electron chi connectivity index (χ1n) is 8.32. The number of aromatic nitrogens is 2. The largest absolute Gasteiger partial charge is 2.00 e. The first kappa shape index (κ1) is 20.3. The fraction of sp³-hybridized carbons (Fsp3) is 0. The maximum absolute atomic E-state index is 5.22. The Bertz CT molecular complexity index is 885. The molecule has 0 saturated heterocycles. The summed E-state index contributed by atoms with van der Waals surface area (Å²) in [6.07, 6.45) is 5.16. The van der Waals surface area contributed by atoms with Crippen molar-refractivity contribution in [2.45, 2.75) is 0 Å². The van der Waals surface area contributed by atoms with E-state index in [0.717, 1.165) is 28.1 Å². The van der Waals surface area contributed by atoms with E-state index in [0.29, 0.717) is 0 Å². The molecule has 0 atom stereocenters. The third kappa shape index (κ3) is 6.02. The van der Waals surface area contributed by atoms with E-state index in [-0.39, 0.29) is 16.5 Å². The zero-order chi connectivity index (χ0) is 18.0. The number of hydrogen-bond donors (Lipinski definition) is 0. The minimum Gasteiger partial charge on any atom is -0.295 e. The Balaban J connectivity index is 0.000000247. The van der Waals surface area contributed by atoms with Crippen LogP contribution in [0.5, 0.6) is 0 Å². The van der Waals surface area contributed by atoms with Gasteiger partial charge in [0.25, 0.3) is 0 Å². The molecule has 0 aliphatic heterocycles. The minimum atomic E-state index is 0. The standard InChI is InChI=1S/C16H11N2.C8H7.Ni/c1-3-10-17-15(8-1)13-6-5-7-14(12-13)16-9-2-4-11-18-16;1-2-8-6-4-3-5-7-8;/h1-11H;1-7H;/q2*-1;+2. The van der Waals surface area contributed by atoms with Crippen molar-refractivity contribution in [3.8, 4) is 22.5 Å². The molecule has 2 heterocycles. The maximum Gasteiger partial charge on any atom is 2.00 e. The van der Waals surface area contributed by atoms with Gasteiger partial charge in [-0.05, 0) is 12.1 Å². The summed E-state index contributed by atoms with van der Waals surface area (Å²) >= 11 is 0. The van der Waals surface area contributed by atoms with Crippen molar-refractivity contribution in [1.82, 2.24) is 9.97 Å². The smallest absolute Gasteiger partial charge is 0.295 e. The Morgan fingerprint density at radius 1 is 0.630 bits per heavy atom. The molecule has 0 unspecified atom stereocenters. The monoisotopic (exact) mass is 392 g/mol. The van der Waals surface area contributed by atoms with Crippen LogP contribution >= 0.6 is 0 Å². The third-order valence-corrected chi connectivity index (χ3v) is 3.67. The van der Waals surface area contributed by atoms with Crippen LogP contribution < -0.4 is 0 Å². The van der Waals surface area contributed by atoms with E-state index >= 15 is 0 Å². The van der Waals surface area contributed by atoms with Crippen molar-refractivity contribution in [2.24, 2.45) is 0 Å². The van der Waals surface area contributed by atoms with Crippen molar-refractivity contribution in [2.75, 3.05) is 0 Å². The summed E-state index contributed by atoms with van der Waals surface area (Å²) in [6.45, 7) is 5.22. The molecular formula is C24H18N2Ni. The van der Waals surface area contributed by atoms with Crippen molar-refractivity contribution < 1.29 is 16.5 Å². The molecule has 0 aliphatic carbocycles. The molecule has 0 amide bonds. The van der Waals surface area contributed by atoms with Gasteiger partial charge in [-0.3, -0.25) is 16.5 Å². The number of pyridine rings is 2. The quantitative estimate of drug-likeness (QED) is 0.328. The van der Waals surface area contributed by atoms with E-state index in [9.17, 15) is 0 Å². The van der Waals surface area contributed by atoms with E-state index < -0.39 is 0 Å². The predicted molar refractivity (Wildman–Crippen MR) is 107 cm³/mol. The Kier molecular flexibility index (Phi) is 8.15. The molecule has 0 N–H and O–H groups in total. The van der Waals surface area contributed by atoms with Crippen molar-refractivity contribution in [1.29, 1.82) is 0 Å². The van der Waals surface area contributed by atoms with Crippen LogP contribution in [0.4, 0.5) is 0 Å². The van der Waals surface area contributed by atoms with Gasteiger partial charge in [-0.15, -0.1) is 36.4 Å². The first-order valence-corrected chi connectivity index (χ1v) is 8.32. The molecule has 27 heavy (non-hydrogen) atoms. The van der Waals surface area contributed by atoms with Crippen LogP contribution in [-0.2, 0) is 16.5 Å². The topological polar surface area (TPSA) is 25.8 Å². The molecule has 3 heteroatoms. The fourth-order valence-corrected chi connectivity index (χ4v) is 2.38. The van der Waals surface area contributed by atoms with Crippen LogP contribution in [-0.4, -0.2) is 9.97 Å².